The zero-order valence-corrected chi connectivity index (χ0v) is 26.8. The van der Waals surface area contributed by atoms with Gasteiger partial charge in [0.25, 0.3) is 10.1 Å². The minimum atomic E-state index is -4.48. The lowest BCUT2D eigenvalue weighted by atomic mass is 9.74. The van der Waals surface area contributed by atoms with Crippen molar-refractivity contribution < 1.29 is 40.2 Å². The lowest BCUT2D eigenvalue weighted by molar-refractivity contribution is -0.150. The van der Waals surface area contributed by atoms with E-state index >= 15 is 0 Å². The highest BCUT2D eigenvalue weighted by Crippen LogP contribution is 2.49. The number of carbonyl (C=O) groups is 1. The van der Waals surface area contributed by atoms with E-state index < -0.39 is 27.3 Å². The molecule has 6 rings (SSSR count). The van der Waals surface area contributed by atoms with E-state index in [4.69, 9.17) is 9.26 Å². The summed E-state index contributed by atoms with van der Waals surface area (Å²) < 4.78 is 85.0. The molecule has 0 radical (unpaired) electrons. The van der Waals surface area contributed by atoms with E-state index in [0.29, 0.717) is 41.2 Å². The maximum atomic E-state index is 14.1. The summed E-state index contributed by atoms with van der Waals surface area (Å²) in [6, 6.07) is 9.97. The van der Waals surface area contributed by atoms with Crippen LogP contribution in [0.25, 0.3) is 11.3 Å². The molecule has 2 aromatic carbocycles. The summed E-state index contributed by atoms with van der Waals surface area (Å²) in [5, 5.41) is 4.13. The molecule has 1 aliphatic carbocycles. The fraction of sp³-hybridized carbons (Fsp3) is 0.515. The number of amides is 1. The van der Waals surface area contributed by atoms with Crippen LogP contribution in [-0.2, 0) is 27.6 Å². The van der Waals surface area contributed by atoms with E-state index in [9.17, 15) is 30.9 Å². The number of fused-ring (bicyclic) bond motifs is 1. The number of hydrogen-bond acceptors (Lipinski definition) is 7. The van der Waals surface area contributed by atoms with Crippen LogP contribution in [0, 0.1) is 18.3 Å². The number of aromatic nitrogens is 1. The SMILES string of the molecule is Cc1ccc(S(=O)(=O)O)c(-c2cc(C3CCN([C@H]4CC[C@@](C(=O)N5COc6ccc(C(F)(F)F)cc6C5)(C(C)C)C4)CC3)on2)c1. The highest BCUT2D eigenvalue weighted by atomic mass is 32.2. The van der Waals surface area contributed by atoms with Crippen molar-refractivity contribution >= 4 is 16.0 Å². The topological polar surface area (TPSA) is 113 Å². The monoisotopic (exact) mass is 661 g/mol. The van der Waals surface area contributed by atoms with Crippen molar-refractivity contribution in [1.82, 2.24) is 15.0 Å². The quantitative estimate of drug-likeness (QED) is 0.292. The van der Waals surface area contributed by atoms with Gasteiger partial charge in [0.05, 0.1) is 17.5 Å². The van der Waals surface area contributed by atoms with Gasteiger partial charge in [-0.25, -0.2) is 0 Å². The summed E-state index contributed by atoms with van der Waals surface area (Å²) in [5.74, 6) is 1.08. The van der Waals surface area contributed by atoms with Crippen molar-refractivity contribution in [2.45, 2.75) is 82.5 Å². The number of benzene rings is 2. The number of aryl methyl sites for hydroxylation is 1. The molecule has 2 aliphatic heterocycles. The zero-order valence-electron chi connectivity index (χ0n) is 26.0. The van der Waals surface area contributed by atoms with Gasteiger partial charge in [-0.3, -0.25) is 9.35 Å². The Bertz CT molecular complexity index is 1730. The van der Waals surface area contributed by atoms with Crippen LogP contribution in [0.4, 0.5) is 13.2 Å². The molecule has 9 nitrogen and oxygen atoms in total. The number of piperidine rings is 1. The molecule has 3 heterocycles. The Labute approximate surface area is 266 Å². The van der Waals surface area contributed by atoms with Crippen LogP contribution in [0.15, 0.2) is 51.9 Å². The molecule has 3 aromatic rings. The normalized spacial score (nSPS) is 23.0. The van der Waals surface area contributed by atoms with Crippen molar-refractivity contribution in [3.8, 4) is 17.0 Å². The summed E-state index contributed by atoms with van der Waals surface area (Å²) >= 11 is 0. The summed E-state index contributed by atoms with van der Waals surface area (Å²) in [4.78, 5) is 17.8. The third-order valence-corrected chi connectivity index (χ3v) is 11.0. The van der Waals surface area contributed by atoms with Crippen LogP contribution < -0.4 is 4.74 Å². The molecule has 2 atom stereocenters. The Hall–Kier alpha value is -3.42. The smallest absolute Gasteiger partial charge is 0.416 e. The molecule has 13 heteroatoms. The fourth-order valence-corrected chi connectivity index (χ4v) is 8.10. The van der Waals surface area contributed by atoms with Gasteiger partial charge in [-0.15, -0.1) is 0 Å². The molecule has 1 saturated heterocycles. The Morgan fingerprint density at radius 2 is 1.83 bits per heavy atom. The molecule has 1 aromatic heterocycles. The molecule has 0 spiro atoms. The molecule has 3 aliphatic rings. The number of rotatable bonds is 6. The molecule has 1 amide bonds. The molecule has 2 fully saturated rings. The van der Waals surface area contributed by atoms with E-state index in [1.807, 2.05) is 20.8 Å². The third-order valence-electron chi connectivity index (χ3n) is 10.1. The minimum Gasteiger partial charge on any atom is -0.473 e. The van der Waals surface area contributed by atoms with Gasteiger partial charge in [0, 0.05) is 29.2 Å². The number of halogens is 3. The molecular formula is C33H38F3N3O6S. The van der Waals surface area contributed by atoms with Crippen LogP contribution >= 0.6 is 0 Å². The van der Waals surface area contributed by atoms with Gasteiger partial charge in [-0.05, 0) is 88.4 Å². The van der Waals surface area contributed by atoms with E-state index in [1.165, 1.54) is 12.1 Å². The second kappa shape index (κ2) is 12.0. The predicted molar refractivity (Wildman–Crippen MR) is 162 cm³/mol. The molecule has 0 unspecified atom stereocenters. The fourth-order valence-electron chi connectivity index (χ4n) is 7.42. The van der Waals surface area contributed by atoms with Gasteiger partial charge in [-0.1, -0.05) is 30.6 Å². The molecule has 0 bridgehead atoms. The number of likely N-dealkylation sites (tertiary alicyclic amines) is 1. The Kier molecular flexibility index (Phi) is 8.47. The first kappa shape index (κ1) is 32.5. The number of hydrogen-bond donors (Lipinski definition) is 1. The first-order valence-corrected chi connectivity index (χ1v) is 17.0. The van der Waals surface area contributed by atoms with Crippen molar-refractivity contribution in [3.05, 3.63) is 64.9 Å². The van der Waals surface area contributed by atoms with Crippen molar-refractivity contribution in [3.63, 3.8) is 0 Å². The van der Waals surface area contributed by atoms with Gasteiger partial charge >= 0.3 is 6.18 Å². The largest absolute Gasteiger partial charge is 0.473 e. The van der Waals surface area contributed by atoms with Gasteiger partial charge < -0.3 is 19.1 Å². The summed E-state index contributed by atoms with van der Waals surface area (Å²) in [6.45, 7) is 7.56. The molecule has 248 valence electrons. The zero-order chi connectivity index (χ0) is 33.0. The van der Waals surface area contributed by atoms with Gasteiger partial charge in [0.1, 0.15) is 22.1 Å². The average molecular weight is 662 g/mol. The lowest BCUT2D eigenvalue weighted by Gasteiger charge is -2.41. The van der Waals surface area contributed by atoms with Gasteiger partial charge in [-0.2, -0.15) is 21.6 Å². The first-order valence-electron chi connectivity index (χ1n) is 15.6. The van der Waals surface area contributed by atoms with E-state index in [-0.39, 0.29) is 42.0 Å². The summed E-state index contributed by atoms with van der Waals surface area (Å²) in [6.07, 6.45) is -0.682. The number of ether oxygens (including phenoxy) is 1. The first-order chi connectivity index (χ1) is 21.7. The summed E-state index contributed by atoms with van der Waals surface area (Å²) in [5.41, 5.74) is 0.426. The Morgan fingerprint density at radius 1 is 1.09 bits per heavy atom. The lowest BCUT2D eigenvalue weighted by Crippen LogP contribution is -2.49. The number of alkyl halides is 3. The maximum absolute atomic E-state index is 14.1. The van der Waals surface area contributed by atoms with Crippen molar-refractivity contribution in [2.24, 2.45) is 11.3 Å². The number of nitrogens with zero attached hydrogens (tertiary/aromatic N) is 3. The van der Waals surface area contributed by atoms with Crippen LogP contribution in [0.1, 0.15) is 74.3 Å². The van der Waals surface area contributed by atoms with Crippen molar-refractivity contribution in [1.29, 1.82) is 0 Å². The molecule has 46 heavy (non-hydrogen) atoms. The van der Waals surface area contributed by atoms with E-state index in [2.05, 4.69) is 10.1 Å². The molecular weight excluding hydrogens is 623 g/mol. The van der Waals surface area contributed by atoms with Crippen molar-refractivity contribution in [2.75, 3.05) is 19.8 Å². The standard InChI is InChI=1S/C33H38F3N3O6S/c1-20(2)32(31(40)39-18-23-15-24(33(34,35)36)5-6-28(23)44-19-39)11-8-25(17-32)38-12-9-22(10-13-38)29-16-27(37-45-29)26-14-21(3)4-7-30(26)46(41,42)43/h4-7,14-16,20,22,25H,8-13,17-19H2,1-3H3,(H,41,42,43)/t25-,32-/m0/s1. The average Bonchev–Trinajstić information content (AvgIpc) is 3.69. The Balaban J connectivity index is 1.11. The molecule has 1 saturated carbocycles. The predicted octanol–water partition coefficient (Wildman–Crippen LogP) is 6.67. The van der Waals surface area contributed by atoms with Crippen LogP contribution in [-0.4, -0.2) is 59.7 Å². The van der Waals surface area contributed by atoms with E-state index in [1.54, 1.807) is 23.1 Å². The maximum Gasteiger partial charge on any atom is 0.416 e. The van der Waals surface area contributed by atoms with Crippen LogP contribution in [0.3, 0.4) is 0 Å². The summed E-state index contributed by atoms with van der Waals surface area (Å²) in [7, 11) is -4.44. The minimum absolute atomic E-state index is 0.00910. The number of carbonyl (C=O) groups excluding carboxylic acids is 1. The van der Waals surface area contributed by atoms with Crippen LogP contribution in [0.2, 0.25) is 0 Å². The van der Waals surface area contributed by atoms with E-state index in [0.717, 1.165) is 50.0 Å². The Morgan fingerprint density at radius 3 is 2.50 bits per heavy atom. The van der Waals surface area contributed by atoms with Gasteiger partial charge in [0.15, 0.2) is 6.73 Å². The third kappa shape index (κ3) is 6.16. The van der Waals surface area contributed by atoms with Gasteiger partial charge in [0.2, 0.25) is 5.91 Å². The van der Waals surface area contributed by atoms with Crippen LogP contribution in [0.5, 0.6) is 5.75 Å². The second-order valence-corrected chi connectivity index (χ2v) is 14.6. The second-order valence-electron chi connectivity index (χ2n) is 13.2. The molecule has 1 N–H and O–H groups in total. The highest BCUT2D eigenvalue weighted by Gasteiger charge is 2.51. The highest BCUT2D eigenvalue weighted by molar-refractivity contribution is 7.86.